The molecule has 4 aliphatic rings. The first-order chi connectivity index (χ1) is 15.3. The minimum absolute atomic E-state index is 0.0558. The SMILES string of the molecule is CC[C@@]12/C=C\CCCOC(=O)[C@@H]1[C@H]1C(=O)N(CCCO)C3C(=O)N(C(C)C)CC=C[C@@]31O2. The first-order valence-electron chi connectivity index (χ1n) is 11.8. The molecule has 8 nitrogen and oxygen atoms in total. The number of hydrogen-bond acceptors (Lipinski definition) is 6. The summed E-state index contributed by atoms with van der Waals surface area (Å²) in [5.74, 6) is -2.60. The van der Waals surface area contributed by atoms with Crippen molar-refractivity contribution < 1.29 is 29.0 Å². The van der Waals surface area contributed by atoms with Gasteiger partial charge in [0.2, 0.25) is 11.8 Å². The van der Waals surface area contributed by atoms with Crippen LogP contribution in [0.2, 0.25) is 0 Å². The molecule has 4 heterocycles. The molecular weight excluding hydrogens is 412 g/mol. The van der Waals surface area contributed by atoms with Crippen LogP contribution in [0.15, 0.2) is 24.3 Å². The van der Waals surface area contributed by atoms with E-state index in [0.29, 0.717) is 32.4 Å². The van der Waals surface area contributed by atoms with Gasteiger partial charge in [-0.3, -0.25) is 14.4 Å². The van der Waals surface area contributed by atoms with Crippen LogP contribution in [-0.2, 0) is 23.9 Å². The molecule has 0 bridgehead atoms. The highest BCUT2D eigenvalue weighted by Crippen LogP contribution is 2.58. The molecule has 8 heteroatoms. The normalized spacial score (nSPS) is 37.9. The van der Waals surface area contributed by atoms with Crippen LogP contribution in [-0.4, -0.2) is 82.3 Å². The van der Waals surface area contributed by atoms with Crippen LogP contribution in [0.3, 0.4) is 0 Å². The number of likely N-dealkylation sites (tertiary alicyclic amines) is 1. The fraction of sp³-hybridized carbons (Fsp3) is 0.708. The summed E-state index contributed by atoms with van der Waals surface area (Å²) < 4.78 is 12.4. The first kappa shape index (κ1) is 23.0. The zero-order valence-corrected chi connectivity index (χ0v) is 19.2. The summed E-state index contributed by atoms with van der Waals surface area (Å²) in [4.78, 5) is 44.2. The van der Waals surface area contributed by atoms with Gasteiger partial charge in [0, 0.05) is 25.7 Å². The lowest BCUT2D eigenvalue weighted by atomic mass is 9.73. The highest BCUT2D eigenvalue weighted by Gasteiger charge is 2.75. The minimum Gasteiger partial charge on any atom is -0.465 e. The van der Waals surface area contributed by atoms with Crippen LogP contribution in [0.5, 0.6) is 0 Å². The molecule has 4 aliphatic heterocycles. The molecule has 1 spiro atoms. The zero-order valence-electron chi connectivity index (χ0n) is 19.2. The summed E-state index contributed by atoms with van der Waals surface area (Å²) >= 11 is 0. The average molecular weight is 447 g/mol. The van der Waals surface area contributed by atoms with Crippen molar-refractivity contribution in [3.8, 4) is 0 Å². The number of esters is 1. The van der Waals surface area contributed by atoms with E-state index < -0.39 is 35.0 Å². The second kappa shape index (κ2) is 8.63. The van der Waals surface area contributed by atoms with Crippen molar-refractivity contribution in [1.29, 1.82) is 0 Å². The van der Waals surface area contributed by atoms with Gasteiger partial charge in [-0.2, -0.15) is 0 Å². The second-order valence-electron chi connectivity index (χ2n) is 9.43. The van der Waals surface area contributed by atoms with Crippen molar-refractivity contribution in [2.75, 3.05) is 26.3 Å². The number of amides is 2. The quantitative estimate of drug-likeness (QED) is 0.507. The van der Waals surface area contributed by atoms with Crippen molar-refractivity contribution >= 4 is 17.8 Å². The van der Waals surface area contributed by atoms with Gasteiger partial charge < -0.3 is 24.4 Å². The Morgan fingerprint density at radius 1 is 1.16 bits per heavy atom. The molecule has 1 N–H and O–H groups in total. The molecule has 0 aromatic rings. The van der Waals surface area contributed by atoms with Gasteiger partial charge in [0.05, 0.1) is 12.5 Å². The van der Waals surface area contributed by atoms with Crippen LogP contribution in [0.25, 0.3) is 0 Å². The highest BCUT2D eigenvalue weighted by atomic mass is 16.6. The number of carbonyl (C=O) groups excluding carboxylic acids is 3. The van der Waals surface area contributed by atoms with Gasteiger partial charge in [-0.05, 0) is 39.5 Å². The molecule has 0 saturated carbocycles. The molecule has 0 aliphatic carbocycles. The van der Waals surface area contributed by atoms with Crippen molar-refractivity contribution in [3.63, 3.8) is 0 Å². The first-order valence-corrected chi connectivity index (χ1v) is 11.8. The van der Waals surface area contributed by atoms with Gasteiger partial charge in [0.15, 0.2) is 0 Å². The van der Waals surface area contributed by atoms with E-state index >= 15 is 0 Å². The van der Waals surface area contributed by atoms with E-state index in [1.54, 1.807) is 4.90 Å². The molecule has 2 fully saturated rings. The number of ether oxygens (including phenoxy) is 2. The largest absolute Gasteiger partial charge is 0.465 e. The van der Waals surface area contributed by atoms with E-state index in [2.05, 4.69) is 0 Å². The fourth-order valence-electron chi connectivity index (χ4n) is 5.84. The number of rotatable bonds is 5. The number of nitrogens with zero attached hydrogens (tertiary/aromatic N) is 2. The summed E-state index contributed by atoms with van der Waals surface area (Å²) in [6, 6.07) is -0.938. The average Bonchev–Trinajstić information content (AvgIpc) is 3.13. The van der Waals surface area contributed by atoms with E-state index in [1.165, 1.54) is 4.90 Å². The van der Waals surface area contributed by atoms with E-state index in [9.17, 15) is 19.5 Å². The Bertz CT molecular complexity index is 838. The number of carbonyl (C=O) groups is 3. The third-order valence-corrected chi connectivity index (χ3v) is 7.34. The van der Waals surface area contributed by atoms with Crippen molar-refractivity contribution in [2.24, 2.45) is 11.8 Å². The third kappa shape index (κ3) is 3.30. The number of cyclic esters (lactones) is 1. The number of aliphatic hydroxyl groups is 1. The number of fused-ring (bicyclic) bond motifs is 2. The Labute approximate surface area is 189 Å². The molecule has 32 heavy (non-hydrogen) atoms. The number of aliphatic hydroxyl groups excluding tert-OH is 1. The summed E-state index contributed by atoms with van der Waals surface area (Å²) in [7, 11) is 0. The fourth-order valence-corrected chi connectivity index (χ4v) is 5.84. The lowest BCUT2D eigenvalue weighted by Crippen LogP contribution is -2.57. The maximum atomic E-state index is 13.9. The molecule has 2 amide bonds. The van der Waals surface area contributed by atoms with Gasteiger partial charge in [-0.25, -0.2) is 0 Å². The zero-order chi connectivity index (χ0) is 23.1. The van der Waals surface area contributed by atoms with Crippen molar-refractivity contribution in [2.45, 2.75) is 69.7 Å². The van der Waals surface area contributed by atoms with Crippen molar-refractivity contribution in [3.05, 3.63) is 24.3 Å². The third-order valence-electron chi connectivity index (χ3n) is 7.34. The molecular formula is C24H34N2O6. The van der Waals surface area contributed by atoms with Crippen LogP contribution in [0.1, 0.15) is 46.5 Å². The Morgan fingerprint density at radius 2 is 1.94 bits per heavy atom. The van der Waals surface area contributed by atoms with Gasteiger partial charge in [-0.1, -0.05) is 31.2 Å². The van der Waals surface area contributed by atoms with Gasteiger partial charge in [0.25, 0.3) is 0 Å². The molecule has 1 unspecified atom stereocenters. The summed E-state index contributed by atoms with van der Waals surface area (Å²) in [6.07, 6.45) is 9.94. The predicted molar refractivity (Wildman–Crippen MR) is 116 cm³/mol. The minimum atomic E-state index is -1.25. The summed E-state index contributed by atoms with van der Waals surface area (Å²) in [5, 5.41) is 9.42. The monoisotopic (exact) mass is 446 g/mol. The van der Waals surface area contributed by atoms with E-state index in [4.69, 9.17) is 9.47 Å². The molecule has 176 valence electrons. The molecule has 4 rings (SSSR count). The van der Waals surface area contributed by atoms with E-state index in [-0.39, 0.29) is 31.0 Å². The van der Waals surface area contributed by atoms with E-state index in [1.807, 2.05) is 45.1 Å². The predicted octanol–water partition coefficient (Wildman–Crippen LogP) is 1.43. The molecule has 2 saturated heterocycles. The van der Waals surface area contributed by atoms with Crippen LogP contribution >= 0.6 is 0 Å². The highest BCUT2D eigenvalue weighted by molar-refractivity contribution is 5.99. The van der Waals surface area contributed by atoms with E-state index in [0.717, 1.165) is 6.42 Å². The topological polar surface area (TPSA) is 96.4 Å². The van der Waals surface area contributed by atoms with Gasteiger partial charge in [0.1, 0.15) is 23.2 Å². The molecule has 5 atom stereocenters. The Balaban J connectivity index is 1.89. The molecule has 0 aromatic carbocycles. The molecule has 0 radical (unpaired) electrons. The summed E-state index contributed by atoms with van der Waals surface area (Å²) in [5.41, 5.74) is -2.27. The number of allylic oxidation sites excluding steroid dienone is 1. The Morgan fingerprint density at radius 3 is 2.62 bits per heavy atom. The maximum Gasteiger partial charge on any atom is 0.313 e. The Kier molecular flexibility index (Phi) is 6.20. The number of hydrogen-bond donors (Lipinski definition) is 1. The summed E-state index contributed by atoms with van der Waals surface area (Å²) in [6.45, 7) is 6.65. The van der Waals surface area contributed by atoms with Gasteiger partial charge in [-0.15, -0.1) is 0 Å². The Hall–Kier alpha value is -2.19. The standard InChI is InChI=1S/C24H34N2O6/c1-4-23-10-6-5-7-15-31-22(30)18(23)17-20(28)26(13-9-14-27)19-21(29)25(16(2)3)12-8-11-24(17,19)32-23/h6,8,10-11,16-19,27H,4-5,7,9,12-15H2,1-3H3/b10-6-/t17-,18-,19?,23+,24-/m0/s1. The maximum absolute atomic E-state index is 13.9. The van der Waals surface area contributed by atoms with Crippen LogP contribution < -0.4 is 0 Å². The van der Waals surface area contributed by atoms with Gasteiger partial charge >= 0.3 is 5.97 Å². The van der Waals surface area contributed by atoms with Crippen LogP contribution in [0, 0.1) is 11.8 Å². The van der Waals surface area contributed by atoms with Crippen LogP contribution in [0.4, 0.5) is 0 Å². The lowest BCUT2D eigenvalue weighted by molar-refractivity contribution is -0.161. The lowest BCUT2D eigenvalue weighted by Gasteiger charge is -2.39. The smallest absolute Gasteiger partial charge is 0.313 e. The van der Waals surface area contributed by atoms with Crippen molar-refractivity contribution in [1.82, 2.24) is 9.80 Å². The molecule has 0 aromatic heterocycles. The second-order valence-corrected chi connectivity index (χ2v) is 9.43.